The van der Waals surface area contributed by atoms with Crippen LogP contribution in [0.4, 0.5) is 0 Å². The van der Waals surface area contributed by atoms with Gasteiger partial charge in [-0.25, -0.2) is 4.79 Å². The standard InChI is InChI=1S/C30H50O6Si/c1-11-26-17-18-27(25(7)8)29(26,9)22-23-30(20-15-16-24(5)6,21-19-28(31)32-10)36-37(33-12-2,34-13-3)35-14-4/h11,16-17,25,27H,1,12-15,18,20,22-23H2,2-10H3/t27-,29+,30?/m1/s1. The molecule has 0 fully saturated rings. The monoisotopic (exact) mass is 534 g/mol. The van der Waals surface area contributed by atoms with Crippen LogP contribution in [0.25, 0.3) is 0 Å². The van der Waals surface area contributed by atoms with E-state index in [4.69, 9.17) is 22.4 Å². The number of hydrogen-bond acceptors (Lipinski definition) is 6. The number of hydrogen-bond donors (Lipinski definition) is 0. The first-order chi connectivity index (χ1) is 17.5. The molecular formula is C30H50O6Si. The average molecular weight is 535 g/mol. The Morgan fingerprint density at radius 1 is 1.19 bits per heavy atom. The van der Waals surface area contributed by atoms with Crippen molar-refractivity contribution in [1.82, 2.24) is 0 Å². The van der Waals surface area contributed by atoms with Crippen LogP contribution in [0.5, 0.6) is 0 Å². The van der Waals surface area contributed by atoms with Gasteiger partial charge < -0.3 is 22.4 Å². The molecule has 0 aromatic carbocycles. The van der Waals surface area contributed by atoms with E-state index in [2.05, 4.69) is 65.2 Å². The van der Waals surface area contributed by atoms with Crippen molar-refractivity contribution in [3.05, 3.63) is 36.0 Å². The van der Waals surface area contributed by atoms with E-state index >= 15 is 0 Å². The number of carbonyl (C=O) groups excluding carboxylic acids is 1. The summed E-state index contributed by atoms with van der Waals surface area (Å²) in [6.45, 7) is 21.9. The highest BCUT2D eigenvalue weighted by Gasteiger charge is 2.52. The maximum atomic E-state index is 12.2. The molecule has 37 heavy (non-hydrogen) atoms. The Morgan fingerprint density at radius 2 is 1.78 bits per heavy atom. The van der Waals surface area contributed by atoms with Gasteiger partial charge in [0.05, 0.1) is 7.11 Å². The van der Waals surface area contributed by atoms with Crippen molar-refractivity contribution in [3.8, 4) is 11.8 Å². The topological polar surface area (TPSA) is 63.2 Å². The number of allylic oxidation sites excluding steroid dienone is 5. The number of rotatable bonds is 16. The van der Waals surface area contributed by atoms with Crippen molar-refractivity contribution in [2.75, 3.05) is 26.9 Å². The molecule has 7 heteroatoms. The number of carbonyl (C=O) groups is 1. The molecule has 0 N–H and O–H groups in total. The Morgan fingerprint density at radius 3 is 2.24 bits per heavy atom. The zero-order valence-corrected chi connectivity index (χ0v) is 25.7. The van der Waals surface area contributed by atoms with Crippen molar-refractivity contribution >= 4 is 15.0 Å². The molecule has 1 aliphatic rings. The highest BCUT2D eigenvalue weighted by Crippen LogP contribution is 2.52. The van der Waals surface area contributed by atoms with Gasteiger partial charge in [-0.15, -0.1) is 0 Å². The van der Waals surface area contributed by atoms with Crippen molar-refractivity contribution in [3.63, 3.8) is 0 Å². The zero-order valence-electron chi connectivity index (χ0n) is 24.7. The molecule has 0 amide bonds. The average Bonchev–Trinajstić information content (AvgIpc) is 3.18. The summed E-state index contributed by atoms with van der Waals surface area (Å²) in [5.74, 6) is 6.22. The quantitative estimate of drug-likeness (QED) is 0.0715. The minimum Gasteiger partial charge on any atom is -0.459 e. The summed E-state index contributed by atoms with van der Waals surface area (Å²) in [5, 5.41) is 0. The van der Waals surface area contributed by atoms with Crippen LogP contribution in [-0.2, 0) is 27.2 Å². The lowest BCUT2D eigenvalue weighted by atomic mass is 9.66. The van der Waals surface area contributed by atoms with Gasteiger partial charge in [0.25, 0.3) is 0 Å². The molecule has 0 saturated carbocycles. The van der Waals surface area contributed by atoms with E-state index in [1.165, 1.54) is 18.3 Å². The van der Waals surface area contributed by atoms with Crippen molar-refractivity contribution in [1.29, 1.82) is 0 Å². The third kappa shape index (κ3) is 9.53. The molecule has 0 aromatic rings. The maximum absolute atomic E-state index is 12.2. The van der Waals surface area contributed by atoms with Crippen LogP contribution in [0.1, 0.15) is 87.5 Å². The lowest BCUT2D eigenvalue weighted by molar-refractivity contribution is -0.134. The minimum atomic E-state index is -3.57. The summed E-state index contributed by atoms with van der Waals surface area (Å²) in [5.41, 5.74) is 1.33. The Kier molecular flexibility index (Phi) is 14.1. The third-order valence-corrected chi connectivity index (χ3v) is 9.67. The smallest absolute Gasteiger partial charge is 0.459 e. The van der Waals surface area contributed by atoms with Crippen LogP contribution in [0.15, 0.2) is 36.0 Å². The molecule has 0 aromatic heterocycles. The van der Waals surface area contributed by atoms with Gasteiger partial charge in [-0.2, -0.15) is 0 Å². The first-order valence-corrected chi connectivity index (χ1v) is 15.3. The Labute approximate surface area is 227 Å². The molecule has 0 radical (unpaired) electrons. The molecule has 6 nitrogen and oxygen atoms in total. The largest absolute Gasteiger partial charge is 0.680 e. The van der Waals surface area contributed by atoms with Crippen LogP contribution in [0.2, 0.25) is 0 Å². The van der Waals surface area contributed by atoms with Crippen LogP contribution in [0.3, 0.4) is 0 Å². The highest BCUT2D eigenvalue weighted by molar-refractivity contribution is 6.53. The second kappa shape index (κ2) is 15.7. The summed E-state index contributed by atoms with van der Waals surface area (Å²) in [7, 11) is -2.24. The minimum absolute atomic E-state index is 0.0962. The van der Waals surface area contributed by atoms with E-state index in [-0.39, 0.29) is 5.41 Å². The van der Waals surface area contributed by atoms with E-state index < -0.39 is 20.6 Å². The third-order valence-electron chi connectivity index (χ3n) is 7.10. The summed E-state index contributed by atoms with van der Waals surface area (Å²) in [6.07, 6.45) is 10.1. The van der Waals surface area contributed by atoms with E-state index in [0.29, 0.717) is 44.5 Å². The van der Waals surface area contributed by atoms with Crippen molar-refractivity contribution in [2.45, 2.75) is 93.1 Å². The Hall–Kier alpha value is -1.69. The molecule has 0 aliphatic heterocycles. The van der Waals surface area contributed by atoms with E-state index in [1.54, 1.807) is 0 Å². The fourth-order valence-electron chi connectivity index (χ4n) is 5.25. The highest BCUT2D eigenvalue weighted by atomic mass is 28.4. The van der Waals surface area contributed by atoms with Crippen LogP contribution in [-0.4, -0.2) is 47.5 Å². The van der Waals surface area contributed by atoms with Crippen molar-refractivity contribution in [2.24, 2.45) is 17.3 Å². The molecule has 0 heterocycles. The second-order valence-electron chi connectivity index (χ2n) is 10.3. The maximum Gasteiger partial charge on any atom is 0.680 e. The van der Waals surface area contributed by atoms with Crippen LogP contribution in [0, 0.1) is 29.1 Å². The lowest BCUT2D eigenvalue weighted by Gasteiger charge is -2.41. The predicted octanol–water partition coefficient (Wildman–Crippen LogP) is 6.78. The van der Waals surface area contributed by atoms with Gasteiger partial charge in [0.2, 0.25) is 0 Å². The molecular weight excluding hydrogens is 484 g/mol. The molecule has 1 rings (SSSR count). The van der Waals surface area contributed by atoms with Gasteiger partial charge in [0.15, 0.2) is 0 Å². The van der Waals surface area contributed by atoms with Gasteiger partial charge in [0.1, 0.15) is 5.60 Å². The fraction of sp³-hybridized carbons (Fsp3) is 0.700. The molecule has 1 unspecified atom stereocenters. The number of methoxy groups -OCH3 is 1. The van der Waals surface area contributed by atoms with Crippen molar-refractivity contribution < 1.29 is 27.2 Å². The molecule has 210 valence electrons. The van der Waals surface area contributed by atoms with Crippen LogP contribution >= 0.6 is 0 Å². The van der Waals surface area contributed by atoms with Gasteiger partial charge in [-0.05, 0) is 89.5 Å². The SMILES string of the molecule is C=CC1=CC[C@H](C(C)C)[C@@]1(C)CCC(C#CC(=O)OC)(CCC=C(C)C)O[Si](OCC)(OCC)OCC. The Balaban J connectivity index is 3.64. The molecule has 3 atom stereocenters. The predicted molar refractivity (Wildman–Crippen MR) is 151 cm³/mol. The second-order valence-corrected chi connectivity index (χ2v) is 12.4. The first kappa shape index (κ1) is 33.3. The van der Waals surface area contributed by atoms with E-state index in [9.17, 15) is 4.79 Å². The molecule has 0 spiro atoms. The Bertz CT molecular complexity index is 846. The fourth-order valence-corrected chi connectivity index (χ4v) is 7.47. The van der Waals surface area contributed by atoms with E-state index in [1.807, 2.05) is 26.8 Å². The molecule has 0 saturated heterocycles. The van der Waals surface area contributed by atoms with Gasteiger partial charge in [0, 0.05) is 25.7 Å². The number of ether oxygens (including phenoxy) is 1. The van der Waals surface area contributed by atoms with Gasteiger partial charge in [-0.1, -0.05) is 57.1 Å². The zero-order chi connectivity index (χ0) is 28.1. The summed E-state index contributed by atoms with van der Waals surface area (Å²) in [6, 6.07) is 0. The summed E-state index contributed by atoms with van der Waals surface area (Å²) < 4.78 is 29.9. The summed E-state index contributed by atoms with van der Waals surface area (Å²) >= 11 is 0. The molecule has 0 bridgehead atoms. The molecule has 1 aliphatic carbocycles. The first-order valence-electron chi connectivity index (χ1n) is 13.7. The van der Waals surface area contributed by atoms with E-state index in [0.717, 1.165) is 19.3 Å². The summed E-state index contributed by atoms with van der Waals surface area (Å²) in [4.78, 5) is 12.2. The van der Waals surface area contributed by atoms with Gasteiger partial charge >= 0.3 is 15.0 Å². The normalized spacial score (nSPS) is 21.0. The number of esters is 1. The van der Waals surface area contributed by atoms with Crippen LogP contribution < -0.4 is 0 Å². The lowest BCUT2D eigenvalue weighted by Crippen LogP contribution is -2.55. The van der Waals surface area contributed by atoms with Gasteiger partial charge in [-0.3, -0.25) is 0 Å².